The van der Waals surface area contributed by atoms with Crippen LogP contribution < -0.4 is 4.74 Å². The van der Waals surface area contributed by atoms with Crippen LogP contribution in [0.2, 0.25) is 0 Å². The number of methoxy groups -OCH3 is 1. The fourth-order valence-corrected chi connectivity index (χ4v) is 2.87. The quantitative estimate of drug-likeness (QED) is 0.562. The molecule has 2 aromatic rings. The highest BCUT2D eigenvalue weighted by Gasteiger charge is 2.21. The Balaban J connectivity index is 2.55. The molecule has 1 unspecified atom stereocenters. The molecule has 1 nitrogen and oxygen atoms in total. The van der Waals surface area contributed by atoms with Crippen molar-refractivity contribution in [1.29, 1.82) is 0 Å². The number of hydrogen-bond donors (Lipinski definition) is 0. The molecule has 0 N–H and O–H groups in total. The van der Waals surface area contributed by atoms with E-state index in [1.54, 1.807) is 12.1 Å². The average Bonchev–Trinajstić information content (AvgIpc) is 2.43. The Morgan fingerprint density at radius 1 is 1.05 bits per heavy atom. The summed E-state index contributed by atoms with van der Waals surface area (Å²) in [4.78, 5) is 0. The standard InChI is InChI=1S/C14H9Br2ClF2O/c1-20-13-6-12(19)10(16)5-9(13)14(17)8-4-7(15)2-3-11(8)18/h2-6,14H,1H3. The first kappa shape index (κ1) is 15.7. The highest BCUT2D eigenvalue weighted by atomic mass is 79.9. The number of benzene rings is 2. The summed E-state index contributed by atoms with van der Waals surface area (Å²) >= 11 is 12.7. The molecule has 0 aromatic heterocycles. The van der Waals surface area contributed by atoms with E-state index in [9.17, 15) is 8.78 Å². The first-order valence-electron chi connectivity index (χ1n) is 5.56. The van der Waals surface area contributed by atoms with Crippen LogP contribution in [0.15, 0.2) is 39.3 Å². The van der Waals surface area contributed by atoms with Crippen LogP contribution in [0.5, 0.6) is 5.75 Å². The molecule has 2 rings (SSSR count). The molecule has 0 saturated carbocycles. The van der Waals surface area contributed by atoms with Crippen molar-refractivity contribution < 1.29 is 13.5 Å². The third kappa shape index (κ3) is 3.15. The van der Waals surface area contributed by atoms with Gasteiger partial charge in [-0.05, 0) is 40.2 Å². The molecule has 2 aromatic carbocycles. The van der Waals surface area contributed by atoms with Gasteiger partial charge in [-0.25, -0.2) is 8.78 Å². The molecule has 1 atom stereocenters. The molecule has 0 spiro atoms. The van der Waals surface area contributed by atoms with Crippen LogP contribution in [0.1, 0.15) is 16.5 Å². The van der Waals surface area contributed by atoms with Crippen LogP contribution in [0, 0.1) is 11.6 Å². The Morgan fingerprint density at radius 3 is 2.40 bits per heavy atom. The third-order valence-electron chi connectivity index (χ3n) is 2.78. The Hall–Kier alpha value is -0.650. The minimum absolute atomic E-state index is 0.245. The second-order valence-electron chi connectivity index (χ2n) is 4.04. The van der Waals surface area contributed by atoms with Crippen LogP contribution in [0.3, 0.4) is 0 Å². The molecule has 0 fully saturated rings. The van der Waals surface area contributed by atoms with Crippen LogP contribution in [0.4, 0.5) is 8.78 Å². The summed E-state index contributed by atoms with van der Waals surface area (Å²) in [5.74, 6) is -0.634. The Bertz CT molecular complexity index is 649. The molecule has 20 heavy (non-hydrogen) atoms. The van der Waals surface area contributed by atoms with E-state index >= 15 is 0 Å². The van der Waals surface area contributed by atoms with E-state index in [0.717, 1.165) is 0 Å². The van der Waals surface area contributed by atoms with Gasteiger partial charge in [0, 0.05) is 21.7 Å². The highest BCUT2D eigenvalue weighted by Crippen LogP contribution is 2.39. The van der Waals surface area contributed by atoms with Gasteiger partial charge in [0.15, 0.2) is 0 Å². The zero-order chi connectivity index (χ0) is 14.9. The van der Waals surface area contributed by atoms with Crippen LogP contribution in [-0.2, 0) is 0 Å². The van der Waals surface area contributed by atoms with E-state index in [4.69, 9.17) is 16.3 Å². The molecule has 0 saturated heterocycles. The molecule has 0 aliphatic heterocycles. The second-order valence-corrected chi connectivity index (χ2v) is 6.24. The normalized spacial score (nSPS) is 12.3. The van der Waals surface area contributed by atoms with Crippen molar-refractivity contribution in [2.75, 3.05) is 7.11 Å². The largest absolute Gasteiger partial charge is 0.496 e. The predicted molar refractivity (Wildman–Crippen MR) is 82.4 cm³/mol. The van der Waals surface area contributed by atoms with Gasteiger partial charge in [0.25, 0.3) is 0 Å². The molecule has 6 heteroatoms. The summed E-state index contributed by atoms with van der Waals surface area (Å²) in [6.07, 6.45) is 0. The van der Waals surface area contributed by atoms with E-state index in [1.165, 1.54) is 25.3 Å². The lowest BCUT2D eigenvalue weighted by Crippen LogP contribution is -2.01. The van der Waals surface area contributed by atoms with Crippen LogP contribution in [-0.4, -0.2) is 7.11 Å². The Kier molecular flexibility index (Phi) is 5.04. The number of alkyl halides is 1. The monoisotopic (exact) mass is 424 g/mol. The first-order chi connectivity index (χ1) is 9.43. The molecule has 0 heterocycles. The molecule has 0 radical (unpaired) electrons. The highest BCUT2D eigenvalue weighted by molar-refractivity contribution is 9.10. The first-order valence-corrected chi connectivity index (χ1v) is 7.58. The van der Waals surface area contributed by atoms with E-state index in [2.05, 4.69) is 31.9 Å². The maximum atomic E-state index is 13.9. The second kappa shape index (κ2) is 6.41. The van der Waals surface area contributed by atoms with Crippen molar-refractivity contribution in [1.82, 2.24) is 0 Å². The van der Waals surface area contributed by atoms with Gasteiger partial charge in [-0.2, -0.15) is 0 Å². The molecular weight excluding hydrogens is 417 g/mol. The summed E-state index contributed by atoms with van der Waals surface area (Å²) in [6, 6.07) is 7.20. The van der Waals surface area contributed by atoms with Gasteiger partial charge in [-0.3, -0.25) is 0 Å². The summed E-state index contributed by atoms with van der Waals surface area (Å²) in [7, 11) is 1.41. The molecule has 0 bridgehead atoms. The van der Waals surface area contributed by atoms with E-state index < -0.39 is 17.0 Å². The van der Waals surface area contributed by atoms with Gasteiger partial charge in [0.2, 0.25) is 0 Å². The molecule has 0 amide bonds. The lowest BCUT2D eigenvalue weighted by molar-refractivity contribution is 0.406. The van der Waals surface area contributed by atoms with Gasteiger partial charge < -0.3 is 4.74 Å². The fourth-order valence-electron chi connectivity index (χ4n) is 1.80. The lowest BCUT2D eigenvalue weighted by atomic mass is 10.0. The SMILES string of the molecule is COc1cc(F)c(Br)cc1C(Cl)c1cc(Br)ccc1F. The van der Waals surface area contributed by atoms with Gasteiger partial charge in [0.05, 0.1) is 17.0 Å². The lowest BCUT2D eigenvalue weighted by Gasteiger charge is -2.16. The topological polar surface area (TPSA) is 9.23 Å². The average molecular weight is 426 g/mol. The van der Waals surface area contributed by atoms with Gasteiger partial charge in [-0.1, -0.05) is 15.9 Å². The van der Waals surface area contributed by atoms with Gasteiger partial charge in [0.1, 0.15) is 17.4 Å². The zero-order valence-corrected chi connectivity index (χ0v) is 14.2. The fraction of sp³-hybridized carbons (Fsp3) is 0.143. The maximum absolute atomic E-state index is 13.9. The van der Waals surface area contributed by atoms with Crippen LogP contribution in [0.25, 0.3) is 0 Å². The summed E-state index contributed by atoms with van der Waals surface area (Å²) in [5.41, 5.74) is 0.775. The van der Waals surface area contributed by atoms with Crippen molar-refractivity contribution in [3.05, 3.63) is 62.0 Å². The molecule has 106 valence electrons. The Morgan fingerprint density at radius 2 is 1.75 bits per heavy atom. The number of rotatable bonds is 3. The van der Waals surface area contributed by atoms with Gasteiger partial charge >= 0.3 is 0 Å². The third-order valence-corrected chi connectivity index (χ3v) is 4.35. The number of halogens is 5. The van der Waals surface area contributed by atoms with E-state index in [0.29, 0.717) is 10.0 Å². The summed E-state index contributed by atoms with van der Waals surface area (Å²) in [6.45, 7) is 0. The predicted octanol–water partition coefficient (Wildman–Crippen LogP) is 5.83. The molecule has 0 aliphatic rings. The number of hydrogen-bond acceptors (Lipinski definition) is 1. The minimum atomic E-state index is -0.792. The summed E-state index contributed by atoms with van der Waals surface area (Å²) < 4.78 is 33.5. The molecule has 0 aliphatic carbocycles. The van der Waals surface area contributed by atoms with Crippen molar-refractivity contribution in [3.8, 4) is 5.75 Å². The molecular formula is C14H9Br2ClF2O. The van der Waals surface area contributed by atoms with Crippen LogP contribution >= 0.6 is 43.5 Å². The van der Waals surface area contributed by atoms with Crippen molar-refractivity contribution in [2.24, 2.45) is 0 Å². The Labute approximate surface area is 137 Å². The van der Waals surface area contributed by atoms with Gasteiger partial charge in [-0.15, -0.1) is 11.6 Å². The van der Waals surface area contributed by atoms with E-state index in [1.807, 2.05) is 0 Å². The van der Waals surface area contributed by atoms with Crippen molar-refractivity contribution in [3.63, 3.8) is 0 Å². The summed E-state index contributed by atoms with van der Waals surface area (Å²) in [5, 5.41) is -0.792. The maximum Gasteiger partial charge on any atom is 0.141 e. The van der Waals surface area contributed by atoms with Crippen molar-refractivity contribution >= 4 is 43.5 Å². The van der Waals surface area contributed by atoms with E-state index in [-0.39, 0.29) is 15.8 Å². The minimum Gasteiger partial charge on any atom is -0.496 e. The number of ether oxygens (including phenoxy) is 1. The smallest absolute Gasteiger partial charge is 0.141 e. The zero-order valence-electron chi connectivity index (χ0n) is 10.3. The van der Waals surface area contributed by atoms with Crippen molar-refractivity contribution in [2.45, 2.75) is 5.38 Å².